The number of fused-ring (bicyclic) bond motifs is 2. The average molecular weight is 374 g/mol. The Bertz CT molecular complexity index is 1080. The third kappa shape index (κ3) is 1.77. The Hall–Kier alpha value is -2.94. The molecule has 0 bridgehead atoms. The van der Waals surface area contributed by atoms with Crippen molar-refractivity contribution in [2.24, 2.45) is 0 Å². The molecule has 114 valence electrons. The molecule has 1 aliphatic rings. The normalized spacial score (nSPS) is 13.4. The lowest BCUT2D eigenvalue weighted by molar-refractivity contribution is 0.0880. The van der Waals surface area contributed by atoms with Crippen LogP contribution in [0.3, 0.4) is 0 Å². The van der Waals surface area contributed by atoms with E-state index < -0.39 is 17.4 Å². The molecule has 0 aliphatic carbocycles. The Morgan fingerprint density at radius 2 is 1.96 bits per heavy atom. The van der Waals surface area contributed by atoms with Crippen molar-refractivity contribution in [1.82, 2.24) is 20.1 Å². The van der Waals surface area contributed by atoms with Crippen LogP contribution in [0, 0.1) is 0 Å². The monoisotopic (exact) mass is 373 g/mol. The number of imide groups is 1. The van der Waals surface area contributed by atoms with Crippen LogP contribution in [0.15, 0.2) is 33.7 Å². The number of nitrogens with one attached hydrogen (secondary N) is 2. The van der Waals surface area contributed by atoms with Crippen molar-refractivity contribution in [2.45, 2.75) is 0 Å². The lowest BCUT2D eigenvalue weighted by atomic mass is 10.1. The number of nitrogens with zero attached hydrogens (tertiary/aromatic N) is 2. The maximum atomic E-state index is 12.4. The van der Waals surface area contributed by atoms with E-state index in [1.807, 2.05) is 6.07 Å². The molecule has 1 aromatic carbocycles. The first-order chi connectivity index (χ1) is 11.0. The van der Waals surface area contributed by atoms with Crippen LogP contribution in [-0.2, 0) is 0 Å². The number of H-pyrrole nitrogens is 1. The van der Waals surface area contributed by atoms with Gasteiger partial charge in [-0.05, 0) is 28.1 Å². The number of aromatic nitrogens is 3. The van der Waals surface area contributed by atoms with Crippen LogP contribution in [-0.4, -0.2) is 26.6 Å². The summed E-state index contributed by atoms with van der Waals surface area (Å²) < 4.78 is 1.84. The van der Waals surface area contributed by atoms with Crippen LogP contribution in [0.1, 0.15) is 20.7 Å². The SMILES string of the molecule is Nc1c2c(cc(=O)n1-c1cccc3c(Br)[nH]nc13)C(=O)NC2=O. The van der Waals surface area contributed by atoms with Gasteiger partial charge in [-0.2, -0.15) is 5.10 Å². The number of hydrogen-bond acceptors (Lipinski definition) is 5. The van der Waals surface area contributed by atoms with Crippen LogP contribution in [0.4, 0.5) is 5.82 Å². The molecule has 4 N–H and O–H groups in total. The van der Waals surface area contributed by atoms with E-state index in [0.717, 1.165) is 11.5 Å². The minimum absolute atomic E-state index is 0.00112. The number of carbonyl (C=O) groups excluding carboxylic acids is 2. The molecule has 8 nitrogen and oxygen atoms in total. The summed E-state index contributed by atoms with van der Waals surface area (Å²) >= 11 is 3.33. The summed E-state index contributed by atoms with van der Waals surface area (Å²) in [6.45, 7) is 0. The van der Waals surface area contributed by atoms with Crippen molar-refractivity contribution in [1.29, 1.82) is 0 Å². The highest BCUT2D eigenvalue weighted by molar-refractivity contribution is 9.10. The maximum absolute atomic E-state index is 12.4. The molecule has 0 radical (unpaired) electrons. The van der Waals surface area contributed by atoms with E-state index in [1.165, 1.54) is 4.57 Å². The first kappa shape index (κ1) is 13.7. The number of nitrogens with two attached hydrogens (primary N) is 1. The standard InChI is InChI=1S/C14H8BrN5O3/c15-11-5-2-1-3-7(10(5)18-19-11)20-8(21)4-6-9(12(20)16)14(23)17-13(6)22/h1-4H,16H2,(H,18,19)(H,17,22,23). The zero-order valence-electron chi connectivity index (χ0n) is 11.4. The van der Waals surface area contributed by atoms with Gasteiger partial charge in [-0.1, -0.05) is 6.07 Å². The highest BCUT2D eigenvalue weighted by Crippen LogP contribution is 2.28. The Morgan fingerprint density at radius 1 is 1.17 bits per heavy atom. The smallest absolute Gasteiger partial charge is 0.262 e. The molecule has 1 aliphatic heterocycles. The largest absolute Gasteiger partial charge is 0.384 e. The Balaban J connectivity index is 2.11. The molecule has 0 unspecified atom stereocenters. The summed E-state index contributed by atoms with van der Waals surface area (Å²) in [5.41, 5.74) is 6.42. The number of rotatable bonds is 1. The molecule has 0 saturated heterocycles. The summed E-state index contributed by atoms with van der Waals surface area (Å²) in [7, 11) is 0. The van der Waals surface area contributed by atoms with Crippen LogP contribution in [0.2, 0.25) is 0 Å². The number of aromatic amines is 1. The molecule has 0 atom stereocenters. The van der Waals surface area contributed by atoms with Gasteiger partial charge in [0.25, 0.3) is 17.4 Å². The van der Waals surface area contributed by atoms with Gasteiger partial charge in [0.05, 0.1) is 16.8 Å². The molecule has 2 amide bonds. The predicted molar refractivity (Wildman–Crippen MR) is 85.6 cm³/mol. The second kappa shape index (κ2) is 4.53. The number of halogens is 1. The molecular formula is C14H8BrN5O3. The number of nitrogen functional groups attached to an aromatic ring is 1. The minimum Gasteiger partial charge on any atom is -0.384 e. The van der Waals surface area contributed by atoms with Gasteiger partial charge in [0.2, 0.25) is 0 Å². The number of amides is 2. The number of pyridine rings is 1. The molecule has 0 spiro atoms. The van der Waals surface area contributed by atoms with Gasteiger partial charge in [0.1, 0.15) is 15.9 Å². The fraction of sp³-hybridized carbons (Fsp3) is 0. The summed E-state index contributed by atoms with van der Waals surface area (Å²) in [6.07, 6.45) is 0. The van der Waals surface area contributed by atoms with E-state index in [0.29, 0.717) is 15.8 Å². The zero-order valence-corrected chi connectivity index (χ0v) is 13.0. The van der Waals surface area contributed by atoms with Gasteiger partial charge < -0.3 is 5.73 Å². The van der Waals surface area contributed by atoms with Crippen LogP contribution in [0.25, 0.3) is 16.6 Å². The molecule has 3 aromatic rings. The molecule has 0 saturated carbocycles. The minimum atomic E-state index is -0.623. The van der Waals surface area contributed by atoms with Gasteiger partial charge in [0.15, 0.2) is 0 Å². The fourth-order valence-corrected chi connectivity index (χ4v) is 3.11. The Morgan fingerprint density at radius 3 is 2.74 bits per heavy atom. The van der Waals surface area contributed by atoms with E-state index in [1.54, 1.807) is 12.1 Å². The Kier molecular flexibility index (Phi) is 2.70. The van der Waals surface area contributed by atoms with Gasteiger partial charge in [-0.25, -0.2) is 0 Å². The molecule has 0 fully saturated rings. The van der Waals surface area contributed by atoms with Crippen molar-refractivity contribution >= 4 is 44.5 Å². The highest BCUT2D eigenvalue weighted by atomic mass is 79.9. The Labute approximate surface area is 136 Å². The third-order valence-corrected chi connectivity index (χ3v) is 4.32. The van der Waals surface area contributed by atoms with E-state index in [2.05, 4.69) is 31.4 Å². The van der Waals surface area contributed by atoms with Gasteiger partial charge in [-0.3, -0.25) is 29.4 Å². The van der Waals surface area contributed by atoms with Crippen molar-refractivity contribution in [3.63, 3.8) is 0 Å². The van der Waals surface area contributed by atoms with E-state index in [4.69, 9.17) is 5.73 Å². The topological polar surface area (TPSA) is 123 Å². The molecule has 3 heterocycles. The van der Waals surface area contributed by atoms with Crippen molar-refractivity contribution < 1.29 is 9.59 Å². The maximum Gasteiger partial charge on any atom is 0.262 e. The van der Waals surface area contributed by atoms with Crippen LogP contribution in [0.5, 0.6) is 0 Å². The zero-order chi connectivity index (χ0) is 16.3. The van der Waals surface area contributed by atoms with Crippen molar-refractivity contribution in [2.75, 3.05) is 5.73 Å². The van der Waals surface area contributed by atoms with Crippen LogP contribution < -0.4 is 16.6 Å². The molecule has 2 aromatic heterocycles. The summed E-state index contributed by atoms with van der Waals surface area (Å²) in [5, 5.41) is 9.81. The van der Waals surface area contributed by atoms with Crippen LogP contribution >= 0.6 is 15.9 Å². The van der Waals surface area contributed by atoms with Gasteiger partial charge >= 0.3 is 0 Å². The van der Waals surface area contributed by atoms with Gasteiger partial charge in [-0.15, -0.1) is 0 Å². The van der Waals surface area contributed by atoms with Gasteiger partial charge in [0, 0.05) is 11.5 Å². The summed E-state index contributed by atoms with van der Waals surface area (Å²) in [5.74, 6) is -1.34. The van der Waals surface area contributed by atoms with E-state index >= 15 is 0 Å². The quantitative estimate of drug-likeness (QED) is 0.547. The molecule has 4 rings (SSSR count). The predicted octanol–water partition coefficient (Wildman–Crippen LogP) is 0.942. The molecule has 23 heavy (non-hydrogen) atoms. The second-order valence-corrected chi connectivity index (χ2v) is 5.78. The first-order valence-corrected chi connectivity index (χ1v) is 7.32. The summed E-state index contributed by atoms with van der Waals surface area (Å²) in [4.78, 5) is 36.0. The van der Waals surface area contributed by atoms with Crippen molar-refractivity contribution in [3.05, 3.63) is 50.3 Å². The number of para-hydroxylation sites is 1. The van der Waals surface area contributed by atoms with E-state index in [9.17, 15) is 14.4 Å². The molecular weight excluding hydrogens is 366 g/mol. The molecule has 9 heteroatoms. The second-order valence-electron chi connectivity index (χ2n) is 4.99. The summed E-state index contributed by atoms with van der Waals surface area (Å²) in [6, 6.07) is 6.32. The number of carbonyl (C=O) groups is 2. The third-order valence-electron chi connectivity index (χ3n) is 3.71. The first-order valence-electron chi connectivity index (χ1n) is 6.53. The van der Waals surface area contributed by atoms with Crippen molar-refractivity contribution in [3.8, 4) is 5.69 Å². The fourth-order valence-electron chi connectivity index (χ4n) is 2.70. The highest BCUT2D eigenvalue weighted by Gasteiger charge is 2.32. The lowest BCUT2D eigenvalue weighted by Crippen LogP contribution is -2.24. The lowest BCUT2D eigenvalue weighted by Gasteiger charge is -2.12. The average Bonchev–Trinajstić information content (AvgIpc) is 3.01. The number of anilines is 1. The number of benzene rings is 1. The number of hydrogen-bond donors (Lipinski definition) is 3. The van der Waals surface area contributed by atoms with E-state index in [-0.39, 0.29) is 16.9 Å².